The van der Waals surface area contributed by atoms with Gasteiger partial charge < -0.3 is 15.5 Å². The summed E-state index contributed by atoms with van der Waals surface area (Å²) in [5, 5.41) is 3.07. The molecule has 4 rings (SSSR count). The predicted octanol–water partition coefficient (Wildman–Crippen LogP) is 1.73. The summed E-state index contributed by atoms with van der Waals surface area (Å²) < 4.78 is 32.9. The van der Waals surface area contributed by atoms with Gasteiger partial charge in [0.1, 0.15) is 5.76 Å². The van der Waals surface area contributed by atoms with E-state index in [0.29, 0.717) is 19.4 Å². The smallest absolute Gasteiger partial charge is 0.248 e. The molecule has 2 fully saturated rings. The van der Waals surface area contributed by atoms with Gasteiger partial charge in [0.2, 0.25) is 21.8 Å². The van der Waals surface area contributed by atoms with Crippen LogP contribution >= 0.6 is 0 Å². The number of benzene rings is 1. The number of piperidine rings is 1. The van der Waals surface area contributed by atoms with Gasteiger partial charge in [-0.15, -0.1) is 0 Å². The average molecular weight is 475 g/mol. The number of sulfonamides is 1. The first kappa shape index (κ1) is 23.5. The zero-order valence-corrected chi connectivity index (χ0v) is 19.3. The highest BCUT2D eigenvalue weighted by Crippen LogP contribution is 2.27. The van der Waals surface area contributed by atoms with Gasteiger partial charge in [-0.3, -0.25) is 14.5 Å². The lowest BCUT2D eigenvalue weighted by Crippen LogP contribution is -2.44. The van der Waals surface area contributed by atoms with E-state index in [1.165, 1.54) is 28.6 Å². The van der Waals surface area contributed by atoms with Crippen molar-refractivity contribution in [2.75, 3.05) is 32.7 Å². The van der Waals surface area contributed by atoms with Crippen LogP contribution in [0.25, 0.3) is 0 Å². The van der Waals surface area contributed by atoms with Gasteiger partial charge in [-0.2, -0.15) is 4.31 Å². The maximum absolute atomic E-state index is 12.9. The zero-order chi connectivity index (χ0) is 23.4. The quantitative estimate of drug-likeness (QED) is 0.600. The standard InChI is InChI=1S/C23H30N4O5S/c24-22(28)17-5-7-19(8-6-17)33(30,31)27-13-9-18(10-14-27)23(29)25-16-20(21-4-3-15-32-21)26-11-1-2-12-26/h3-8,15,18,20H,1-2,9-14,16H2,(H2,24,28)(H,25,29)/t20-/m1/s1. The van der Waals surface area contributed by atoms with Crippen molar-refractivity contribution in [3.63, 3.8) is 0 Å². The number of carbonyl (C=O) groups excluding carboxylic acids is 2. The van der Waals surface area contributed by atoms with E-state index >= 15 is 0 Å². The predicted molar refractivity (Wildman–Crippen MR) is 122 cm³/mol. The molecule has 178 valence electrons. The van der Waals surface area contributed by atoms with Gasteiger partial charge in [0.05, 0.1) is 17.2 Å². The van der Waals surface area contributed by atoms with Crippen molar-refractivity contribution in [2.24, 2.45) is 11.7 Å². The summed E-state index contributed by atoms with van der Waals surface area (Å²) in [6.07, 6.45) is 4.85. The van der Waals surface area contributed by atoms with E-state index in [9.17, 15) is 18.0 Å². The highest BCUT2D eigenvalue weighted by Gasteiger charge is 2.33. The van der Waals surface area contributed by atoms with Gasteiger partial charge in [0.15, 0.2) is 0 Å². The molecule has 3 N–H and O–H groups in total. The first-order valence-electron chi connectivity index (χ1n) is 11.3. The molecule has 0 saturated carbocycles. The van der Waals surface area contributed by atoms with Gasteiger partial charge in [-0.1, -0.05) is 0 Å². The van der Waals surface area contributed by atoms with E-state index in [2.05, 4.69) is 10.2 Å². The minimum atomic E-state index is -3.69. The Hall–Kier alpha value is -2.69. The fourth-order valence-electron chi connectivity index (χ4n) is 4.58. The van der Waals surface area contributed by atoms with Crippen molar-refractivity contribution < 1.29 is 22.4 Å². The van der Waals surface area contributed by atoms with E-state index in [1.807, 2.05) is 12.1 Å². The molecule has 1 aromatic heterocycles. The van der Waals surface area contributed by atoms with E-state index in [1.54, 1.807) is 6.26 Å². The fraction of sp³-hybridized carbons (Fsp3) is 0.478. The lowest BCUT2D eigenvalue weighted by molar-refractivity contribution is -0.126. The number of hydrogen-bond donors (Lipinski definition) is 2. The third kappa shape index (κ3) is 5.29. The van der Waals surface area contributed by atoms with Gasteiger partial charge >= 0.3 is 0 Å². The number of amides is 2. The molecule has 0 aliphatic carbocycles. The van der Waals surface area contributed by atoms with Crippen LogP contribution < -0.4 is 11.1 Å². The molecule has 2 aliphatic rings. The van der Waals surface area contributed by atoms with Crippen LogP contribution in [-0.2, 0) is 14.8 Å². The maximum atomic E-state index is 12.9. The van der Waals surface area contributed by atoms with Crippen molar-refractivity contribution >= 4 is 21.8 Å². The van der Waals surface area contributed by atoms with Crippen molar-refractivity contribution in [3.05, 3.63) is 54.0 Å². The lowest BCUT2D eigenvalue weighted by atomic mass is 9.97. The van der Waals surface area contributed by atoms with Gasteiger partial charge in [-0.05, 0) is 75.2 Å². The molecule has 2 saturated heterocycles. The largest absolute Gasteiger partial charge is 0.468 e. The number of rotatable bonds is 8. The first-order valence-corrected chi connectivity index (χ1v) is 12.8. The van der Waals surface area contributed by atoms with Crippen molar-refractivity contribution in [2.45, 2.75) is 36.6 Å². The van der Waals surface area contributed by atoms with Crippen molar-refractivity contribution in [1.82, 2.24) is 14.5 Å². The second kappa shape index (κ2) is 10.1. The molecule has 3 heterocycles. The number of hydrogen-bond acceptors (Lipinski definition) is 6. The van der Waals surface area contributed by atoms with Crippen LogP contribution in [0.2, 0.25) is 0 Å². The Labute approximate surface area is 194 Å². The molecular weight excluding hydrogens is 444 g/mol. The lowest BCUT2D eigenvalue weighted by Gasteiger charge is -2.31. The van der Waals surface area contributed by atoms with Crippen LogP contribution in [0.4, 0.5) is 0 Å². The van der Waals surface area contributed by atoms with Crippen LogP contribution in [0.5, 0.6) is 0 Å². The third-order valence-corrected chi connectivity index (χ3v) is 8.44. The highest BCUT2D eigenvalue weighted by atomic mass is 32.2. The number of furan rings is 1. The Morgan fingerprint density at radius 3 is 2.30 bits per heavy atom. The molecule has 1 atom stereocenters. The summed E-state index contributed by atoms with van der Waals surface area (Å²) in [5.41, 5.74) is 5.48. The Morgan fingerprint density at radius 2 is 1.73 bits per heavy atom. The van der Waals surface area contributed by atoms with E-state index in [0.717, 1.165) is 31.7 Å². The molecule has 2 amide bonds. The van der Waals surface area contributed by atoms with Crippen molar-refractivity contribution in [3.8, 4) is 0 Å². The third-order valence-electron chi connectivity index (χ3n) is 6.52. The second-order valence-corrected chi connectivity index (χ2v) is 10.5. The van der Waals surface area contributed by atoms with Gasteiger partial charge in [-0.25, -0.2) is 8.42 Å². The number of nitrogens with zero attached hydrogens (tertiary/aromatic N) is 2. The normalized spacial score (nSPS) is 19.4. The first-order chi connectivity index (χ1) is 15.9. The molecule has 9 nitrogen and oxygen atoms in total. The summed E-state index contributed by atoms with van der Waals surface area (Å²) in [4.78, 5) is 26.5. The van der Waals surface area contributed by atoms with Gasteiger partial charge in [0.25, 0.3) is 0 Å². The fourth-order valence-corrected chi connectivity index (χ4v) is 6.05. The molecule has 33 heavy (non-hydrogen) atoms. The molecule has 0 bridgehead atoms. The summed E-state index contributed by atoms with van der Waals surface area (Å²) >= 11 is 0. The average Bonchev–Trinajstić information content (AvgIpc) is 3.54. The molecule has 0 radical (unpaired) electrons. The zero-order valence-electron chi connectivity index (χ0n) is 18.5. The Balaban J connectivity index is 1.32. The number of carbonyl (C=O) groups is 2. The molecule has 0 unspecified atom stereocenters. The molecule has 2 aliphatic heterocycles. The monoisotopic (exact) mass is 474 g/mol. The molecule has 0 spiro atoms. The summed E-state index contributed by atoms with van der Waals surface area (Å²) in [6, 6.07) is 9.40. The minimum absolute atomic E-state index is 0.00953. The van der Waals surface area contributed by atoms with Crippen LogP contribution in [0, 0.1) is 5.92 Å². The summed E-state index contributed by atoms with van der Waals surface area (Å²) in [6.45, 7) is 2.98. The van der Waals surface area contributed by atoms with E-state index in [4.69, 9.17) is 10.2 Å². The van der Waals surface area contributed by atoms with Crippen LogP contribution in [-0.4, -0.2) is 62.2 Å². The number of primary amides is 1. The highest BCUT2D eigenvalue weighted by molar-refractivity contribution is 7.89. The van der Waals surface area contributed by atoms with Crippen molar-refractivity contribution in [1.29, 1.82) is 0 Å². The Bertz CT molecular complexity index is 1050. The van der Waals surface area contributed by atoms with Crippen LogP contribution in [0.3, 0.4) is 0 Å². The summed E-state index contributed by atoms with van der Waals surface area (Å²) in [7, 11) is -3.69. The topological polar surface area (TPSA) is 126 Å². The summed E-state index contributed by atoms with van der Waals surface area (Å²) in [5.74, 6) is -0.0385. The van der Waals surface area contributed by atoms with Crippen LogP contribution in [0.1, 0.15) is 47.8 Å². The Morgan fingerprint density at radius 1 is 1.06 bits per heavy atom. The maximum Gasteiger partial charge on any atom is 0.248 e. The number of likely N-dealkylation sites (tertiary alicyclic amines) is 1. The second-order valence-electron chi connectivity index (χ2n) is 8.59. The van der Waals surface area contributed by atoms with E-state index < -0.39 is 15.9 Å². The molecule has 2 aromatic rings. The minimum Gasteiger partial charge on any atom is -0.468 e. The SMILES string of the molecule is NC(=O)c1ccc(S(=O)(=O)N2CCC(C(=O)NC[C@H](c3ccco3)N3CCCC3)CC2)cc1. The molecular formula is C23H30N4O5S. The number of nitrogens with two attached hydrogens (primary N) is 1. The Kier molecular flexibility index (Phi) is 7.16. The molecule has 1 aromatic carbocycles. The van der Waals surface area contributed by atoms with Gasteiger partial charge in [0, 0.05) is 31.1 Å². The molecule has 10 heteroatoms. The van der Waals surface area contributed by atoms with Crippen LogP contribution in [0.15, 0.2) is 52.0 Å². The number of nitrogens with one attached hydrogen (secondary N) is 1. The van der Waals surface area contributed by atoms with E-state index in [-0.39, 0.29) is 41.4 Å².